The molecule has 0 aliphatic heterocycles. The molecule has 0 bridgehead atoms. The van der Waals surface area contributed by atoms with Crippen LogP contribution >= 0.6 is 0 Å². The van der Waals surface area contributed by atoms with Gasteiger partial charge in [-0.05, 0) is 35.4 Å². The van der Waals surface area contributed by atoms with Crippen molar-refractivity contribution < 1.29 is 19.4 Å². The van der Waals surface area contributed by atoms with Crippen LogP contribution in [0.3, 0.4) is 0 Å². The summed E-state index contributed by atoms with van der Waals surface area (Å²) in [4.78, 5) is 11.7. The Bertz CT molecular complexity index is 863. The van der Waals surface area contributed by atoms with Gasteiger partial charge in [0.25, 0.3) is 0 Å². The predicted octanol–water partition coefficient (Wildman–Crippen LogP) is 3.91. The van der Waals surface area contributed by atoms with Gasteiger partial charge in [-0.1, -0.05) is 26.0 Å². The maximum Gasteiger partial charge on any atom is 0.336 e. The lowest BCUT2D eigenvalue weighted by atomic mass is 10.0. The van der Waals surface area contributed by atoms with Gasteiger partial charge in [-0.2, -0.15) is 0 Å². The molecule has 0 atom stereocenters. The lowest BCUT2D eigenvalue weighted by Gasteiger charge is -2.08. The quantitative estimate of drug-likeness (QED) is 0.554. The summed E-state index contributed by atoms with van der Waals surface area (Å²) in [6.07, 6.45) is 0. The fraction of sp³-hybridized carbons (Fsp3) is 0.167. The average Bonchev–Trinajstić information content (AvgIpc) is 2.60. The molecule has 3 aromatic rings. The molecule has 5 heteroatoms. The Kier molecular flexibility index (Phi) is 4.91. The van der Waals surface area contributed by atoms with E-state index in [4.69, 9.17) is 9.15 Å². The Morgan fingerprint density at radius 2 is 1.65 bits per heavy atom. The van der Waals surface area contributed by atoms with Crippen molar-refractivity contribution in [2.45, 2.75) is 13.8 Å². The van der Waals surface area contributed by atoms with Gasteiger partial charge in [-0.15, -0.1) is 0 Å². The Morgan fingerprint density at radius 3 is 2.26 bits per heavy atom. The van der Waals surface area contributed by atoms with Gasteiger partial charge in [0.1, 0.15) is 5.75 Å². The highest BCUT2D eigenvalue weighted by molar-refractivity contribution is 5.97. The van der Waals surface area contributed by atoms with Gasteiger partial charge in [-0.3, -0.25) is 0 Å². The standard InChI is InChI=1S/C16H12O5.C2H6/c1-20-10-4-2-9(3-5-10)12-8-14(18)21-16-11(12)6-7-13(17)15(16)19;1-2/h2-8,17,19H,1H3;1-2H3. The van der Waals surface area contributed by atoms with E-state index in [0.29, 0.717) is 16.7 Å². The Morgan fingerprint density at radius 1 is 1.00 bits per heavy atom. The van der Waals surface area contributed by atoms with Crippen LogP contribution in [0.15, 0.2) is 51.7 Å². The van der Waals surface area contributed by atoms with Crippen molar-refractivity contribution in [3.05, 3.63) is 52.9 Å². The van der Waals surface area contributed by atoms with Crippen molar-refractivity contribution in [1.82, 2.24) is 0 Å². The van der Waals surface area contributed by atoms with E-state index >= 15 is 0 Å². The fourth-order valence-corrected chi connectivity index (χ4v) is 2.21. The molecule has 2 N–H and O–H groups in total. The van der Waals surface area contributed by atoms with E-state index in [0.717, 1.165) is 5.56 Å². The third kappa shape index (κ3) is 3.13. The first kappa shape index (κ1) is 16.4. The normalized spacial score (nSPS) is 10.0. The van der Waals surface area contributed by atoms with Gasteiger partial charge in [0, 0.05) is 11.5 Å². The maximum absolute atomic E-state index is 11.7. The maximum atomic E-state index is 11.7. The highest BCUT2D eigenvalue weighted by Gasteiger charge is 2.13. The number of ether oxygens (including phenoxy) is 1. The van der Waals surface area contributed by atoms with Gasteiger partial charge >= 0.3 is 5.63 Å². The monoisotopic (exact) mass is 314 g/mol. The summed E-state index contributed by atoms with van der Waals surface area (Å²) in [7, 11) is 1.57. The van der Waals surface area contributed by atoms with Crippen LogP contribution in [0.1, 0.15) is 13.8 Å². The molecule has 23 heavy (non-hydrogen) atoms. The highest BCUT2D eigenvalue weighted by atomic mass is 16.5. The van der Waals surface area contributed by atoms with Crippen molar-refractivity contribution in [2.75, 3.05) is 7.11 Å². The van der Waals surface area contributed by atoms with E-state index in [1.54, 1.807) is 37.4 Å². The van der Waals surface area contributed by atoms with Gasteiger partial charge in [0.2, 0.25) is 5.75 Å². The molecular formula is C18H18O5. The van der Waals surface area contributed by atoms with Crippen molar-refractivity contribution in [3.8, 4) is 28.4 Å². The summed E-state index contributed by atoms with van der Waals surface area (Å²) >= 11 is 0. The SMILES string of the molecule is CC.COc1ccc(-c2cc(=O)oc3c(O)c(O)ccc23)cc1. The molecule has 1 heterocycles. The third-order valence-electron chi connectivity index (χ3n) is 3.27. The van der Waals surface area contributed by atoms with Gasteiger partial charge in [0.15, 0.2) is 11.3 Å². The van der Waals surface area contributed by atoms with Crippen molar-refractivity contribution >= 4 is 11.0 Å². The third-order valence-corrected chi connectivity index (χ3v) is 3.27. The summed E-state index contributed by atoms with van der Waals surface area (Å²) in [5.74, 6) is -0.0796. The first-order valence-electron chi connectivity index (χ1n) is 7.23. The first-order valence-corrected chi connectivity index (χ1v) is 7.23. The average molecular weight is 314 g/mol. The van der Waals surface area contributed by atoms with Crippen molar-refractivity contribution in [3.63, 3.8) is 0 Å². The number of fused-ring (bicyclic) bond motifs is 1. The van der Waals surface area contributed by atoms with Crippen LogP contribution in [0, 0.1) is 0 Å². The van der Waals surface area contributed by atoms with Crippen LogP contribution in [0.4, 0.5) is 0 Å². The lowest BCUT2D eigenvalue weighted by molar-refractivity contribution is 0.397. The molecule has 0 saturated carbocycles. The number of aromatic hydroxyl groups is 2. The van der Waals surface area contributed by atoms with E-state index in [2.05, 4.69) is 0 Å². The van der Waals surface area contributed by atoms with Crippen LogP contribution in [0.2, 0.25) is 0 Å². The Labute approximate surface area is 133 Å². The van der Waals surface area contributed by atoms with Crippen LogP contribution in [0.25, 0.3) is 22.1 Å². The molecule has 0 spiro atoms. The predicted molar refractivity (Wildman–Crippen MR) is 89.1 cm³/mol. The van der Waals surface area contributed by atoms with Gasteiger partial charge < -0.3 is 19.4 Å². The molecule has 5 nitrogen and oxygen atoms in total. The van der Waals surface area contributed by atoms with Crippen molar-refractivity contribution in [2.24, 2.45) is 0 Å². The second-order valence-corrected chi connectivity index (χ2v) is 4.52. The van der Waals surface area contributed by atoms with E-state index in [1.165, 1.54) is 12.1 Å². The van der Waals surface area contributed by atoms with Crippen LogP contribution in [-0.4, -0.2) is 17.3 Å². The Hall–Kier alpha value is -2.95. The largest absolute Gasteiger partial charge is 0.504 e. The van der Waals surface area contributed by atoms with Crippen LogP contribution < -0.4 is 10.4 Å². The minimum atomic E-state index is -0.603. The molecule has 0 amide bonds. The number of phenolic OH excluding ortho intramolecular Hbond substituents is 2. The summed E-state index contributed by atoms with van der Waals surface area (Å²) in [5.41, 5.74) is 0.750. The summed E-state index contributed by atoms with van der Waals surface area (Å²) in [6.45, 7) is 4.00. The lowest BCUT2D eigenvalue weighted by Crippen LogP contribution is -1.98. The minimum absolute atomic E-state index is 0.0340. The topological polar surface area (TPSA) is 79.9 Å². The first-order chi connectivity index (χ1) is 11.1. The molecule has 0 radical (unpaired) electrons. The smallest absolute Gasteiger partial charge is 0.336 e. The molecular weight excluding hydrogens is 296 g/mol. The number of rotatable bonds is 2. The molecule has 2 aromatic carbocycles. The second-order valence-electron chi connectivity index (χ2n) is 4.52. The van der Waals surface area contributed by atoms with Crippen LogP contribution in [-0.2, 0) is 0 Å². The number of hydrogen-bond donors (Lipinski definition) is 2. The number of hydrogen-bond acceptors (Lipinski definition) is 5. The molecule has 120 valence electrons. The zero-order valence-electron chi connectivity index (χ0n) is 13.2. The molecule has 1 aromatic heterocycles. The van der Waals surface area contributed by atoms with Gasteiger partial charge in [0.05, 0.1) is 7.11 Å². The number of phenols is 2. The van der Waals surface area contributed by atoms with E-state index < -0.39 is 11.4 Å². The molecule has 0 unspecified atom stereocenters. The highest BCUT2D eigenvalue weighted by Crippen LogP contribution is 2.37. The zero-order chi connectivity index (χ0) is 17.0. The molecule has 0 aliphatic rings. The van der Waals surface area contributed by atoms with Crippen molar-refractivity contribution in [1.29, 1.82) is 0 Å². The van der Waals surface area contributed by atoms with E-state index in [9.17, 15) is 15.0 Å². The minimum Gasteiger partial charge on any atom is -0.504 e. The van der Waals surface area contributed by atoms with E-state index in [-0.39, 0.29) is 11.3 Å². The number of benzene rings is 2. The summed E-state index contributed by atoms with van der Waals surface area (Å²) < 4.78 is 10.1. The summed E-state index contributed by atoms with van der Waals surface area (Å²) in [6, 6.07) is 11.4. The molecule has 0 fully saturated rings. The summed E-state index contributed by atoms with van der Waals surface area (Å²) in [5, 5.41) is 19.9. The second kappa shape index (κ2) is 6.87. The van der Waals surface area contributed by atoms with E-state index in [1.807, 2.05) is 13.8 Å². The molecule has 3 rings (SSSR count). The fourth-order valence-electron chi connectivity index (χ4n) is 2.21. The van der Waals surface area contributed by atoms with Crippen LogP contribution in [0.5, 0.6) is 17.2 Å². The Balaban J connectivity index is 0.000000924. The molecule has 0 saturated heterocycles. The zero-order valence-corrected chi connectivity index (χ0v) is 13.2. The molecule has 0 aliphatic carbocycles. The van der Waals surface area contributed by atoms with Gasteiger partial charge in [-0.25, -0.2) is 4.79 Å². The number of methoxy groups -OCH3 is 1.